The number of furan rings is 1. The van der Waals surface area contributed by atoms with Gasteiger partial charge in [0.15, 0.2) is 0 Å². The number of nitrogens with zero attached hydrogens (tertiary/aromatic N) is 1. The fourth-order valence-electron chi connectivity index (χ4n) is 1.55. The molecule has 0 saturated heterocycles. The summed E-state index contributed by atoms with van der Waals surface area (Å²) in [6.45, 7) is 3.45. The standard InChI is InChI=1S/C12H13FN2O/c1-2-14-8-12-10(4-6-16-12)9-3-5-15-7-11(9)13/h3-7,14H,2,8H2,1H3. The molecule has 0 amide bonds. The summed E-state index contributed by atoms with van der Waals surface area (Å²) in [5.41, 5.74) is 1.30. The van der Waals surface area contributed by atoms with Gasteiger partial charge in [0.25, 0.3) is 0 Å². The maximum atomic E-state index is 13.5. The van der Waals surface area contributed by atoms with Crippen molar-refractivity contribution in [2.24, 2.45) is 0 Å². The SMILES string of the molecule is CCNCc1occc1-c1ccncc1F. The first kappa shape index (κ1) is 10.8. The first-order valence-electron chi connectivity index (χ1n) is 5.20. The molecule has 0 radical (unpaired) electrons. The Balaban J connectivity index is 2.33. The average Bonchev–Trinajstić information content (AvgIpc) is 2.75. The Hall–Kier alpha value is -1.68. The van der Waals surface area contributed by atoms with Crippen molar-refractivity contribution < 1.29 is 8.81 Å². The lowest BCUT2D eigenvalue weighted by Gasteiger charge is -2.04. The van der Waals surface area contributed by atoms with Crippen LogP contribution in [0, 0.1) is 5.82 Å². The molecule has 0 aromatic carbocycles. The van der Waals surface area contributed by atoms with Crippen molar-refractivity contribution in [3.05, 3.63) is 42.4 Å². The quantitative estimate of drug-likeness (QED) is 0.860. The molecule has 2 heterocycles. The van der Waals surface area contributed by atoms with Gasteiger partial charge < -0.3 is 9.73 Å². The molecule has 0 bridgehead atoms. The second-order valence-corrected chi connectivity index (χ2v) is 3.39. The number of hydrogen-bond acceptors (Lipinski definition) is 3. The summed E-state index contributed by atoms with van der Waals surface area (Å²) in [5.74, 6) is 0.411. The summed E-state index contributed by atoms with van der Waals surface area (Å²) in [6, 6.07) is 3.42. The predicted molar refractivity (Wildman–Crippen MR) is 59.3 cm³/mol. The van der Waals surface area contributed by atoms with Gasteiger partial charge in [0.2, 0.25) is 0 Å². The van der Waals surface area contributed by atoms with Gasteiger partial charge in [0.1, 0.15) is 11.6 Å². The topological polar surface area (TPSA) is 38.1 Å². The summed E-state index contributed by atoms with van der Waals surface area (Å²) in [7, 11) is 0. The van der Waals surface area contributed by atoms with E-state index < -0.39 is 0 Å². The monoisotopic (exact) mass is 220 g/mol. The van der Waals surface area contributed by atoms with E-state index >= 15 is 0 Å². The van der Waals surface area contributed by atoms with Crippen LogP contribution < -0.4 is 5.32 Å². The molecule has 4 heteroatoms. The summed E-state index contributed by atoms with van der Waals surface area (Å²) in [5, 5.41) is 3.15. The first-order valence-corrected chi connectivity index (χ1v) is 5.20. The fraction of sp³-hybridized carbons (Fsp3) is 0.250. The van der Waals surface area contributed by atoms with Gasteiger partial charge in [-0.3, -0.25) is 4.98 Å². The second kappa shape index (κ2) is 4.90. The van der Waals surface area contributed by atoms with Crippen LogP contribution in [0.2, 0.25) is 0 Å². The van der Waals surface area contributed by atoms with Crippen molar-refractivity contribution in [1.82, 2.24) is 10.3 Å². The normalized spacial score (nSPS) is 10.6. The van der Waals surface area contributed by atoms with Crippen LogP contribution in [0.1, 0.15) is 12.7 Å². The number of halogens is 1. The molecule has 0 fully saturated rings. The Morgan fingerprint density at radius 3 is 3.00 bits per heavy atom. The van der Waals surface area contributed by atoms with Gasteiger partial charge in [-0.25, -0.2) is 4.39 Å². The largest absolute Gasteiger partial charge is 0.467 e. The molecule has 1 N–H and O–H groups in total. The van der Waals surface area contributed by atoms with Crippen LogP contribution in [0.3, 0.4) is 0 Å². The van der Waals surface area contributed by atoms with Crippen LogP contribution in [0.5, 0.6) is 0 Å². The highest BCUT2D eigenvalue weighted by molar-refractivity contribution is 5.65. The first-order chi connectivity index (χ1) is 7.83. The van der Waals surface area contributed by atoms with Crippen LogP contribution in [0.15, 0.2) is 35.2 Å². The molecular formula is C12H13FN2O. The number of hydrogen-bond donors (Lipinski definition) is 1. The van der Waals surface area contributed by atoms with Crippen molar-refractivity contribution in [2.75, 3.05) is 6.54 Å². The van der Waals surface area contributed by atoms with Gasteiger partial charge >= 0.3 is 0 Å². The number of nitrogens with one attached hydrogen (secondary N) is 1. The van der Waals surface area contributed by atoms with E-state index in [1.807, 2.05) is 6.92 Å². The van der Waals surface area contributed by atoms with Gasteiger partial charge in [0.05, 0.1) is 19.0 Å². The van der Waals surface area contributed by atoms with Crippen molar-refractivity contribution >= 4 is 0 Å². The maximum Gasteiger partial charge on any atom is 0.149 e. The van der Waals surface area contributed by atoms with E-state index in [9.17, 15) is 4.39 Å². The van der Waals surface area contributed by atoms with Gasteiger partial charge in [0, 0.05) is 17.3 Å². The number of rotatable bonds is 4. The maximum absolute atomic E-state index is 13.5. The lowest BCUT2D eigenvalue weighted by atomic mass is 10.1. The van der Waals surface area contributed by atoms with Gasteiger partial charge in [-0.2, -0.15) is 0 Å². The molecule has 0 spiro atoms. The zero-order valence-corrected chi connectivity index (χ0v) is 9.03. The highest BCUT2D eigenvalue weighted by Crippen LogP contribution is 2.26. The molecule has 2 aromatic rings. The lowest BCUT2D eigenvalue weighted by Crippen LogP contribution is -2.11. The van der Waals surface area contributed by atoms with Gasteiger partial charge in [-0.05, 0) is 18.7 Å². The van der Waals surface area contributed by atoms with E-state index in [0.717, 1.165) is 17.9 Å². The van der Waals surface area contributed by atoms with E-state index in [-0.39, 0.29) is 5.82 Å². The third-order valence-electron chi connectivity index (χ3n) is 2.34. The molecule has 0 aliphatic carbocycles. The van der Waals surface area contributed by atoms with E-state index in [4.69, 9.17) is 4.42 Å². The molecule has 3 nitrogen and oxygen atoms in total. The predicted octanol–water partition coefficient (Wildman–Crippen LogP) is 2.59. The summed E-state index contributed by atoms with van der Waals surface area (Å²) in [4.78, 5) is 3.73. The van der Waals surface area contributed by atoms with Crippen molar-refractivity contribution in [2.45, 2.75) is 13.5 Å². The highest BCUT2D eigenvalue weighted by Gasteiger charge is 2.11. The highest BCUT2D eigenvalue weighted by atomic mass is 19.1. The molecule has 0 saturated carbocycles. The van der Waals surface area contributed by atoms with Crippen molar-refractivity contribution in [3.63, 3.8) is 0 Å². The lowest BCUT2D eigenvalue weighted by molar-refractivity contribution is 0.488. The zero-order valence-electron chi connectivity index (χ0n) is 9.03. The molecule has 0 aliphatic heterocycles. The summed E-state index contributed by atoms with van der Waals surface area (Å²) in [6.07, 6.45) is 4.35. The fourth-order valence-corrected chi connectivity index (χ4v) is 1.55. The van der Waals surface area contributed by atoms with Gasteiger partial charge in [-0.1, -0.05) is 6.92 Å². The molecule has 16 heavy (non-hydrogen) atoms. The zero-order chi connectivity index (χ0) is 11.4. The minimum Gasteiger partial charge on any atom is -0.467 e. The van der Waals surface area contributed by atoms with E-state index in [1.54, 1.807) is 24.6 Å². The summed E-state index contributed by atoms with van der Waals surface area (Å²) >= 11 is 0. The Kier molecular flexibility index (Phi) is 3.31. The van der Waals surface area contributed by atoms with Crippen LogP contribution in [-0.2, 0) is 6.54 Å². The Morgan fingerprint density at radius 2 is 2.25 bits per heavy atom. The molecular weight excluding hydrogens is 207 g/mol. The Labute approximate surface area is 93.3 Å². The van der Waals surface area contributed by atoms with Crippen LogP contribution in [0.25, 0.3) is 11.1 Å². The van der Waals surface area contributed by atoms with Crippen LogP contribution in [-0.4, -0.2) is 11.5 Å². The molecule has 0 unspecified atom stereocenters. The third kappa shape index (κ3) is 2.12. The number of aromatic nitrogens is 1. The van der Waals surface area contributed by atoms with E-state index in [1.165, 1.54) is 6.20 Å². The van der Waals surface area contributed by atoms with Crippen molar-refractivity contribution in [3.8, 4) is 11.1 Å². The molecule has 0 aliphatic rings. The van der Waals surface area contributed by atoms with Crippen LogP contribution >= 0.6 is 0 Å². The van der Waals surface area contributed by atoms with E-state index in [0.29, 0.717) is 12.1 Å². The smallest absolute Gasteiger partial charge is 0.149 e. The summed E-state index contributed by atoms with van der Waals surface area (Å²) < 4.78 is 18.9. The van der Waals surface area contributed by atoms with Crippen LogP contribution in [0.4, 0.5) is 4.39 Å². The third-order valence-corrected chi connectivity index (χ3v) is 2.34. The van der Waals surface area contributed by atoms with Gasteiger partial charge in [-0.15, -0.1) is 0 Å². The average molecular weight is 220 g/mol. The minimum atomic E-state index is -0.332. The molecule has 2 rings (SSSR count). The number of pyridine rings is 1. The Morgan fingerprint density at radius 1 is 1.38 bits per heavy atom. The Bertz CT molecular complexity index is 468. The van der Waals surface area contributed by atoms with E-state index in [2.05, 4.69) is 10.3 Å². The molecule has 84 valence electrons. The van der Waals surface area contributed by atoms with Crippen molar-refractivity contribution in [1.29, 1.82) is 0 Å². The molecule has 2 aromatic heterocycles. The molecule has 0 atom stereocenters. The minimum absolute atomic E-state index is 0.332. The second-order valence-electron chi connectivity index (χ2n) is 3.39.